The van der Waals surface area contributed by atoms with Crippen molar-refractivity contribution in [2.75, 3.05) is 0 Å². The van der Waals surface area contributed by atoms with E-state index >= 15 is 0 Å². The molecule has 2 unspecified atom stereocenters. The third-order valence-corrected chi connectivity index (χ3v) is 6.17. The lowest BCUT2D eigenvalue weighted by Gasteiger charge is -2.37. The number of rotatable bonds is 9. The molecule has 2 aromatic rings. The van der Waals surface area contributed by atoms with Gasteiger partial charge < -0.3 is 4.90 Å². The Kier molecular flexibility index (Phi) is 8.24. The van der Waals surface area contributed by atoms with E-state index in [9.17, 15) is 8.42 Å². The molecule has 152 valence electrons. The van der Waals surface area contributed by atoms with Crippen LogP contribution in [0.5, 0.6) is 0 Å². The topological polar surface area (TPSA) is 49.7 Å². The second-order valence-electron chi connectivity index (χ2n) is 7.25. The van der Waals surface area contributed by atoms with Crippen LogP contribution in [0, 0.1) is 0 Å². The van der Waals surface area contributed by atoms with Gasteiger partial charge in [0, 0.05) is 17.6 Å². The van der Waals surface area contributed by atoms with Crippen molar-refractivity contribution < 1.29 is 8.42 Å². The van der Waals surface area contributed by atoms with Gasteiger partial charge in [0.15, 0.2) is 0 Å². The van der Waals surface area contributed by atoms with Crippen LogP contribution in [0.4, 0.5) is 0 Å². The number of hydrogen-bond donors (Lipinski definition) is 0. The molecular weight excluding hydrogens is 368 g/mol. The maximum atomic E-state index is 13.1. The Bertz CT molecular complexity index is 837. The highest BCUT2D eigenvalue weighted by molar-refractivity contribution is 7.90. The van der Waals surface area contributed by atoms with Crippen LogP contribution in [0.15, 0.2) is 70.0 Å². The first kappa shape index (κ1) is 22.2. The third kappa shape index (κ3) is 5.68. The fraction of sp³-hybridized carbons (Fsp3) is 0.435. The summed E-state index contributed by atoms with van der Waals surface area (Å²) >= 11 is 0. The van der Waals surface area contributed by atoms with Gasteiger partial charge in [-0.05, 0) is 38.8 Å². The van der Waals surface area contributed by atoms with Crippen molar-refractivity contribution in [3.05, 3.63) is 66.2 Å². The molecule has 0 N–H and O–H groups in total. The van der Waals surface area contributed by atoms with Gasteiger partial charge in [-0.2, -0.15) is 8.42 Å². The van der Waals surface area contributed by atoms with Crippen molar-refractivity contribution in [2.24, 2.45) is 4.40 Å². The van der Waals surface area contributed by atoms with Crippen molar-refractivity contribution >= 4 is 15.9 Å². The Morgan fingerprint density at radius 2 is 1.32 bits per heavy atom. The summed E-state index contributed by atoms with van der Waals surface area (Å²) in [7, 11) is -3.80. The summed E-state index contributed by atoms with van der Waals surface area (Å²) in [6.07, 6.45) is 4.02. The minimum Gasteiger partial charge on any atom is -0.350 e. The van der Waals surface area contributed by atoms with Gasteiger partial charge in [-0.15, -0.1) is 4.40 Å². The van der Waals surface area contributed by atoms with Crippen LogP contribution in [-0.2, 0) is 10.0 Å². The van der Waals surface area contributed by atoms with E-state index in [0.29, 0.717) is 5.84 Å². The van der Waals surface area contributed by atoms with Gasteiger partial charge in [0.05, 0.1) is 4.90 Å². The van der Waals surface area contributed by atoms with E-state index in [-0.39, 0.29) is 17.0 Å². The highest BCUT2D eigenvalue weighted by Gasteiger charge is 2.26. The highest BCUT2D eigenvalue weighted by atomic mass is 32.2. The SMILES string of the molecule is CCCC(C)N(/C(=N\S(=O)(=O)c1ccccc1)c1ccccc1)C(C)CCC. The summed E-state index contributed by atoms with van der Waals surface area (Å²) < 4.78 is 30.5. The highest BCUT2D eigenvalue weighted by Crippen LogP contribution is 2.22. The minimum absolute atomic E-state index is 0.191. The summed E-state index contributed by atoms with van der Waals surface area (Å²) in [5.41, 5.74) is 0.827. The third-order valence-electron chi connectivity index (χ3n) is 4.89. The first-order valence-corrected chi connectivity index (χ1v) is 11.6. The summed E-state index contributed by atoms with van der Waals surface area (Å²) in [5, 5.41) is 0. The van der Waals surface area contributed by atoms with E-state index in [1.54, 1.807) is 30.3 Å². The monoisotopic (exact) mass is 400 g/mol. The van der Waals surface area contributed by atoms with Gasteiger partial charge >= 0.3 is 0 Å². The normalized spacial score (nSPS) is 14.5. The molecule has 0 saturated heterocycles. The lowest BCUT2D eigenvalue weighted by molar-refractivity contribution is 0.239. The van der Waals surface area contributed by atoms with E-state index in [2.05, 4.69) is 37.0 Å². The van der Waals surface area contributed by atoms with Crippen molar-refractivity contribution in [1.29, 1.82) is 0 Å². The molecule has 2 atom stereocenters. The standard InChI is InChI=1S/C23H32N2O2S/c1-5-13-19(3)25(20(4)14-6-2)23(21-15-9-7-10-16-21)24-28(26,27)22-17-11-8-12-18-22/h7-12,15-20H,5-6,13-14H2,1-4H3/b24-23-. The largest absolute Gasteiger partial charge is 0.350 e. The summed E-state index contributed by atoms with van der Waals surface area (Å²) in [4.78, 5) is 2.41. The molecule has 2 rings (SSSR count). The first-order valence-electron chi connectivity index (χ1n) is 10.1. The fourth-order valence-corrected chi connectivity index (χ4v) is 4.59. The molecule has 0 aliphatic heterocycles. The molecule has 0 spiro atoms. The van der Waals surface area contributed by atoms with Gasteiger partial charge in [-0.25, -0.2) is 0 Å². The van der Waals surface area contributed by atoms with Crippen molar-refractivity contribution in [1.82, 2.24) is 4.90 Å². The van der Waals surface area contributed by atoms with Crippen molar-refractivity contribution in [3.63, 3.8) is 0 Å². The zero-order valence-electron chi connectivity index (χ0n) is 17.4. The molecule has 0 aliphatic rings. The average molecular weight is 401 g/mol. The van der Waals surface area contributed by atoms with Gasteiger partial charge in [0.2, 0.25) is 0 Å². The molecule has 28 heavy (non-hydrogen) atoms. The van der Waals surface area contributed by atoms with E-state index in [0.717, 1.165) is 31.2 Å². The van der Waals surface area contributed by atoms with Crippen molar-refractivity contribution in [3.8, 4) is 0 Å². The quantitative estimate of drug-likeness (QED) is 0.412. The number of nitrogens with zero attached hydrogens (tertiary/aromatic N) is 2. The van der Waals surface area contributed by atoms with Crippen LogP contribution in [0.1, 0.15) is 58.9 Å². The predicted molar refractivity (Wildman–Crippen MR) is 117 cm³/mol. The Balaban J connectivity index is 2.63. The molecule has 5 heteroatoms. The lowest BCUT2D eigenvalue weighted by atomic mass is 10.0. The van der Waals surface area contributed by atoms with Crippen LogP contribution in [-0.4, -0.2) is 31.2 Å². The first-order chi connectivity index (χ1) is 13.4. The number of amidine groups is 1. The molecular formula is C23H32N2O2S. The van der Waals surface area contributed by atoms with Crippen LogP contribution in [0.3, 0.4) is 0 Å². The number of sulfonamides is 1. The van der Waals surface area contributed by atoms with Crippen LogP contribution in [0.25, 0.3) is 0 Å². The van der Waals surface area contributed by atoms with Crippen LogP contribution in [0.2, 0.25) is 0 Å². The van der Waals surface area contributed by atoms with Gasteiger partial charge in [-0.3, -0.25) is 0 Å². The maximum absolute atomic E-state index is 13.1. The van der Waals surface area contributed by atoms with Crippen LogP contribution < -0.4 is 0 Å². The molecule has 0 heterocycles. The van der Waals surface area contributed by atoms with E-state index in [1.807, 2.05) is 30.3 Å². The molecule has 0 aliphatic carbocycles. The van der Waals surface area contributed by atoms with E-state index in [4.69, 9.17) is 0 Å². The molecule has 0 aromatic heterocycles. The fourth-order valence-electron chi connectivity index (χ4n) is 3.56. The number of benzene rings is 2. The lowest BCUT2D eigenvalue weighted by Crippen LogP contribution is -2.45. The van der Waals surface area contributed by atoms with E-state index < -0.39 is 10.0 Å². The maximum Gasteiger partial charge on any atom is 0.284 e. The molecule has 0 amide bonds. The Morgan fingerprint density at radius 3 is 1.79 bits per heavy atom. The summed E-state index contributed by atoms with van der Waals surface area (Å²) in [6.45, 7) is 8.62. The predicted octanol–water partition coefficient (Wildman–Crippen LogP) is 5.50. The Morgan fingerprint density at radius 1 is 0.857 bits per heavy atom. The van der Waals surface area contributed by atoms with Crippen LogP contribution >= 0.6 is 0 Å². The number of hydrogen-bond acceptors (Lipinski definition) is 2. The summed E-state index contributed by atoms with van der Waals surface area (Å²) in [6, 6.07) is 18.5. The molecule has 2 aromatic carbocycles. The van der Waals surface area contributed by atoms with E-state index in [1.165, 1.54) is 0 Å². The molecule has 0 bridgehead atoms. The van der Waals surface area contributed by atoms with Crippen molar-refractivity contribution in [2.45, 2.75) is 70.4 Å². The second kappa shape index (κ2) is 10.4. The second-order valence-corrected chi connectivity index (χ2v) is 8.86. The van der Waals surface area contributed by atoms with Gasteiger partial charge in [-0.1, -0.05) is 75.2 Å². The Hall–Kier alpha value is -2.14. The van der Waals surface area contributed by atoms with Gasteiger partial charge in [0.1, 0.15) is 5.84 Å². The minimum atomic E-state index is -3.80. The Labute approximate surface area is 170 Å². The molecule has 0 fully saturated rings. The molecule has 0 radical (unpaired) electrons. The molecule has 4 nitrogen and oxygen atoms in total. The molecule has 0 saturated carbocycles. The summed E-state index contributed by atoms with van der Waals surface area (Å²) in [5.74, 6) is 0.534. The van der Waals surface area contributed by atoms with Gasteiger partial charge in [0.25, 0.3) is 10.0 Å². The zero-order valence-corrected chi connectivity index (χ0v) is 18.2. The zero-order chi connectivity index (χ0) is 20.6. The average Bonchev–Trinajstić information content (AvgIpc) is 2.69. The smallest absolute Gasteiger partial charge is 0.284 e.